The number of carbonyl (C=O) groups is 3. The minimum Gasteiger partial charge on any atom is -0.325 e. The van der Waals surface area contributed by atoms with Gasteiger partial charge in [0.25, 0.3) is 5.91 Å². The number of benzene rings is 4. The number of carbonyl (C=O) groups excluding carboxylic acids is 3. The number of ketones is 1. The summed E-state index contributed by atoms with van der Waals surface area (Å²) in [6.45, 7) is 1.95. The van der Waals surface area contributed by atoms with Crippen molar-refractivity contribution in [1.82, 2.24) is 5.32 Å². The van der Waals surface area contributed by atoms with Crippen LogP contribution in [0.3, 0.4) is 0 Å². The van der Waals surface area contributed by atoms with E-state index in [0.717, 1.165) is 17.3 Å². The average molecular weight is 594 g/mol. The van der Waals surface area contributed by atoms with Gasteiger partial charge in [-0.05, 0) is 42.8 Å². The molecule has 0 saturated heterocycles. The molecule has 0 aliphatic heterocycles. The predicted octanol–water partition coefficient (Wildman–Crippen LogP) is 7.54. The van der Waals surface area contributed by atoms with Gasteiger partial charge >= 0.3 is 0 Å². The summed E-state index contributed by atoms with van der Waals surface area (Å²) in [4.78, 5) is 39.5. The van der Waals surface area contributed by atoms with Crippen LogP contribution in [0.1, 0.15) is 44.2 Å². The van der Waals surface area contributed by atoms with Crippen molar-refractivity contribution in [3.05, 3.63) is 147 Å². The molecule has 4 rings (SSSR count). The van der Waals surface area contributed by atoms with Crippen LogP contribution in [0.2, 0.25) is 5.02 Å². The minimum absolute atomic E-state index is 0.0720. The summed E-state index contributed by atoms with van der Waals surface area (Å²) in [7, 11) is 0. The highest BCUT2D eigenvalue weighted by atomic mass is 35.5. The molecule has 6 nitrogen and oxygen atoms in total. The number of halogens is 1. The van der Waals surface area contributed by atoms with Gasteiger partial charge in [-0.2, -0.15) is 5.26 Å². The normalized spacial score (nSPS) is 11.9. The Bertz CT molecular complexity index is 1630. The number of hydrogen-bond acceptors (Lipinski definition) is 5. The molecule has 8 heteroatoms. The summed E-state index contributed by atoms with van der Waals surface area (Å²) in [5, 5.41) is 16.7. The van der Waals surface area contributed by atoms with Crippen molar-refractivity contribution in [2.45, 2.75) is 19.3 Å². The molecule has 4 aromatic carbocycles. The van der Waals surface area contributed by atoms with E-state index in [4.69, 9.17) is 11.6 Å². The number of nitrogens with zero attached hydrogens (tertiary/aromatic N) is 1. The number of Topliss-reactive ketones (excluding diaryl/α,β-unsaturated/α-hetero) is 1. The van der Waals surface area contributed by atoms with Gasteiger partial charge in [-0.15, -0.1) is 0 Å². The third-order valence-corrected chi connectivity index (χ3v) is 7.79. The summed E-state index contributed by atoms with van der Waals surface area (Å²) in [6, 6.07) is 33.9. The van der Waals surface area contributed by atoms with Gasteiger partial charge in [-0.3, -0.25) is 14.4 Å². The molecule has 2 N–H and O–H groups in total. The first kappa shape index (κ1) is 30.3. The topological polar surface area (TPSA) is 99.1 Å². The Morgan fingerprint density at radius 2 is 1.43 bits per heavy atom. The average Bonchev–Trinajstić information content (AvgIpc) is 3.01. The van der Waals surface area contributed by atoms with E-state index in [1.54, 1.807) is 91.0 Å². The third-order valence-electron chi connectivity index (χ3n) is 6.43. The zero-order chi connectivity index (χ0) is 29.9. The van der Waals surface area contributed by atoms with Crippen LogP contribution in [0.5, 0.6) is 0 Å². The molecule has 1 atom stereocenters. The van der Waals surface area contributed by atoms with Gasteiger partial charge in [0.1, 0.15) is 0 Å². The van der Waals surface area contributed by atoms with Crippen LogP contribution < -0.4 is 10.6 Å². The predicted molar refractivity (Wildman–Crippen MR) is 168 cm³/mol. The number of amides is 2. The fourth-order valence-corrected chi connectivity index (χ4v) is 5.38. The van der Waals surface area contributed by atoms with Crippen molar-refractivity contribution < 1.29 is 14.4 Å². The molecule has 0 bridgehead atoms. The largest absolute Gasteiger partial charge is 0.325 e. The number of anilines is 1. The van der Waals surface area contributed by atoms with Crippen LogP contribution >= 0.6 is 23.4 Å². The Labute approximate surface area is 254 Å². The maximum atomic E-state index is 13.4. The lowest BCUT2D eigenvalue weighted by Crippen LogP contribution is -2.25. The fourth-order valence-electron chi connectivity index (χ4n) is 4.26. The first-order chi connectivity index (χ1) is 20.4. The number of thioether (sulfide) groups is 1. The summed E-state index contributed by atoms with van der Waals surface area (Å²) in [5.41, 5.74) is 3.26. The molecule has 210 valence electrons. The van der Waals surface area contributed by atoms with Crippen LogP contribution in [0.25, 0.3) is 0 Å². The molecule has 0 aromatic heterocycles. The molecule has 1 unspecified atom stereocenters. The van der Waals surface area contributed by atoms with E-state index >= 15 is 0 Å². The molecule has 0 aliphatic rings. The molecule has 0 heterocycles. The SMILES string of the molecule is Cc1ccc(NC(=O)CS/C(NC(=O)c2ccccc2)=C(/C#N)C(CC(=O)c2ccccc2)c2ccccc2Cl)cc1. The van der Waals surface area contributed by atoms with E-state index in [-0.39, 0.29) is 34.5 Å². The molecule has 42 heavy (non-hydrogen) atoms. The maximum absolute atomic E-state index is 13.4. The highest BCUT2D eigenvalue weighted by Gasteiger charge is 2.28. The monoisotopic (exact) mass is 593 g/mol. The van der Waals surface area contributed by atoms with Gasteiger partial charge in [0.15, 0.2) is 5.78 Å². The lowest BCUT2D eigenvalue weighted by molar-refractivity contribution is -0.113. The summed E-state index contributed by atoms with van der Waals surface area (Å²) < 4.78 is 0. The van der Waals surface area contributed by atoms with Crippen molar-refractivity contribution in [3.63, 3.8) is 0 Å². The fraction of sp³-hybridized carbons (Fsp3) is 0.118. The third kappa shape index (κ3) is 8.20. The Morgan fingerprint density at radius 3 is 2.05 bits per heavy atom. The van der Waals surface area contributed by atoms with Gasteiger partial charge in [0, 0.05) is 34.2 Å². The van der Waals surface area contributed by atoms with E-state index in [2.05, 4.69) is 16.7 Å². The molecule has 0 spiro atoms. The van der Waals surface area contributed by atoms with Gasteiger partial charge in [0.05, 0.1) is 22.4 Å². The van der Waals surface area contributed by atoms with Crippen LogP contribution in [0.15, 0.2) is 120 Å². The van der Waals surface area contributed by atoms with Crippen LogP contribution in [-0.2, 0) is 4.79 Å². The van der Waals surface area contributed by atoms with Crippen molar-refractivity contribution in [2.75, 3.05) is 11.1 Å². The van der Waals surface area contributed by atoms with Gasteiger partial charge in [-0.25, -0.2) is 0 Å². The lowest BCUT2D eigenvalue weighted by atomic mass is 9.86. The second kappa shape index (κ2) is 14.8. The van der Waals surface area contributed by atoms with Gasteiger partial charge < -0.3 is 10.6 Å². The second-order valence-electron chi connectivity index (χ2n) is 9.45. The van der Waals surface area contributed by atoms with Crippen LogP contribution in [0, 0.1) is 18.3 Å². The molecule has 0 saturated carbocycles. The quantitative estimate of drug-likeness (QED) is 0.138. The van der Waals surface area contributed by atoms with Gasteiger partial charge in [-0.1, -0.05) is 108 Å². The first-order valence-corrected chi connectivity index (χ1v) is 14.5. The lowest BCUT2D eigenvalue weighted by Gasteiger charge is -2.21. The molecule has 2 amide bonds. The second-order valence-corrected chi connectivity index (χ2v) is 10.8. The molecule has 4 aromatic rings. The Hall–Kier alpha value is -4.64. The zero-order valence-corrected chi connectivity index (χ0v) is 24.4. The number of nitrogens with one attached hydrogen (secondary N) is 2. The number of nitriles is 1. The number of rotatable bonds is 11. The zero-order valence-electron chi connectivity index (χ0n) is 22.8. The first-order valence-electron chi connectivity index (χ1n) is 13.2. The Morgan fingerprint density at radius 1 is 0.833 bits per heavy atom. The van der Waals surface area contributed by atoms with E-state index in [1.807, 2.05) is 25.1 Å². The van der Waals surface area contributed by atoms with E-state index in [1.165, 1.54) is 0 Å². The highest BCUT2D eigenvalue weighted by Crippen LogP contribution is 2.37. The van der Waals surface area contributed by atoms with Crippen LogP contribution in [0.4, 0.5) is 5.69 Å². The van der Waals surface area contributed by atoms with Crippen LogP contribution in [-0.4, -0.2) is 23.4 Å². The number of hydrogen-bond donors (Lipinski definition) is 2. The van der Waals surface area contributed by atoms with E-state index < -0.39 is 11.8 Å². The Kier molecular flexibility index (Phi) is 10.7. The standard InChI is InChI=1S/C34H28ClN3O3S/c1-23-16-18-26(19-17-23)37-32(40)22-42-34(38-33(41)25-12-6-3-7-13-25)29(21-36)28(27-14-8-9-15-30(27)35)20-31(39)24-10-4-2-5-11-24/h2-19,28H,20,22H2,1H3,(H,37,40)(H,38,41)/b34-29-. The molecule has 0 aliphatic carbocycles. The molecular weight excluding hydrogens is 566 g/mol. The summed E-state index contributed by atoms with van der Waals surface area (Å²) in [6.07, 6.45) is -0.0720. The number of aryl methyl sites for hydroxylation is 1. The smallest absolute Gasteiger partial charge is 0.256 e. The van der Waals surface area contributed by atoms with E-state index in [0.29, 0.717) is 27.4 Å². The number of allylic oxidation sites excluding steroid dienone is 1. The maximum Gasteiger partial charge on any atom is 0.256 e. The van der Waals surface area contributed by atoms with Crippen molar-refractivity contribution in [1.29, 1.82) is 5.26 Å². The van der Waals surface area contributed by atoms with Crippen molar-refractivity contribution in [3.8, 4) is 6.07 Å². The molecule has 0 fully saturated rings. The minimum atomic E-state index is -0.782. The molecule has 0 radical (unpaired) electrons. The summed E-state index contributed by atoms with van der Waals surface area (Å²) in [5.74, 6) is -1.83. The summed E-state index contributed by atoms with van der Waals surface area (Å²) >= 11 is 7.60. The highest BCUT2D eigenvalue weighted by molar-refractivity contribution is 8.03. The van der Waals surface area contributed by atoms with Gasteiger partial charge in [0.2, 0.25) is 5.91 Å². The Balaban J connectivity index is 1.72. The van der Waals surface area contributed by atoms with Crippen molar-refractivity contribution >= 4 is 46.6 Å². The molecular formula is C34H28ClN3O3S. The van der Waals surface area contributed by atoms with E-state index in [9.17, 15) is 19.6 Å². The van der Waals surface area contributed by atoms with Crippen molar-refractivity contribution in [2.24, 2.45) is 0 Å².